The van der Waals surface area contributed by atoms with Gasteiger partial charge in [0.2, 0.25) is 5.69 Å². The molecular weight excluding hydrogens is 398 g/mol. The topological polar surface area (TPSA) is 67.5 Å². The molecule has 0 saturated heterocycles. The summed E-state index contributed by atoms with van der Waals surface area (Å²) >= 11 is 0. The van der Waals surface area contributed by atoms with E-state index < -0.39 is 10.4 Å². The van der Waals surface area contributed by atoms with Gasteiger partial charge in [0.1, 0.15) is 12.3 Å². The second-order valence-corrected chi connectivity index (χ2v) is 8.97. The third kappa shape index (κ3) is 8.84. The minimum Gasteiger partial charge on any atom is -0.362 e. The Labute approximate surface area is 182 Å². The molecule has 2 aromatic rings. The van der Waals surface area contributed by atoms with E-state index in [1.54, 1.807) is 18.2 Å². The minimum atomic E-state index is -4.54. The number of pyridine rings is 1. The highest BCUT2D eigenvalue weighted by Gasteiger charge is 2.17. The summed E-state index contributed by atoms with van der Waals surface area (Å²) in [6.07, 6.45) is 15.1. The minimum absolute atomic E-state index is 0.104. The number of nitrogens with zero attached hydrogens (tertiary/aromatic N) is 1. The smallest absolute Gasteiger partial charge is 0.362 e. The number of hydrogen-bond donors (Lipinski definition) is 1. The SMILES string of the molecule is CCCCCCCCCCCC[n+]1ccccc1-c1cc(OS(=O)(=O)O)ccc1C. The molecule has 0 atom stereocenters. The summed E-state index contributed by atoms with van der Waals surface area (Å²) in [5.41, 5.74) is 2.91. The molecule has 0 aliphatic carbocycles. The zero-order valence-electron chi connectivity index (χ0n) is 18.3. The highest BCUT2D eigenvalue weighted by molar-refractivity contribution is 7.81. The van der Waals surface area contributed by atoms with Crippen LogP contribution in [0.2, 0.25) is 0 Å². The van der Waals surface area contributed by atoms with Crippen LogP contribution < -0.4 is 8.75 Å². The number of aryl methyl sites for hydroxylation is 2. The Hall–Kier alpha value is -1.92. The second kappa shape index (κ2) is 12.7. The summed E-state index contributed by atoms with van der Waals surface area (Å²) in [5.74, 6) is 0.104. The van der Waals surface area contributed by atoms with Crippen molar-refractivity contribution in [1.29, 1.82) is 0 Å². The molecule has 6 heteroatoms. The van der Waals surface area contributed by atoms with Crippen molar-refractivity contribution < 1.29 is 21.7 Å². The highest BCUT2D eigenvalue weighted by atomic mass is 32.3. The van der Waals surface area contributed by atoms with Gasteiger partial charge in [0.25, 0.3) is 0 Å². The average molecular weight is 435 g/mol. The first kappa shape index (κ1) is 24.4. The standard InChI is InChI=1S/C24H35NO4S/c1-3-4-5-6-7-8-9-10-11-13-18-25-19-14-12-15-24(25)23-20-22(17-16-21(23)2)29-30(26,27)28/h12,14-17,19-20H,3-11,13,18H2,1-2H3/p+1. The van der Waals surface area contributed by atoms with Gasteiger partial charge >= 0.3 is 10.4 Å². The lowest BCUT2D eigenvalue weighted by molar-refractivity contribution is -0.686. The van der Waals surface area contributed by atoms with Crippen molar-refractivity contribution in [3.63, 3.8) is 0 Å². The molecule has 0 aliphatic heterocycles. The van der Waals surface area contributed by atoms with Crippen LogP contribution in [0.5, 0.6) is 5.75 Å². The maximum Gasteiger partial charge on any atom is 0.446 e. The molecule has 0 fully saturated rings. The summed E-state index contributed by atoms with van der Waals surface area (Å²) in [6.45, 7) is 5.14. The third-order valence-corrected chi connectivity index (χ3v) is 5.78. The number of hydrogen-bond acceptors (Lipinski definition) is 3. The van der Waals surface area contributed by atoms with Crippen LogP contribution >= 0.6 is 0 Å². The normalized spacial score (nSPS) is 11.6. The Bertz CT molecular complexity index is 881. The Morgan fingerprint density at radius 1 is 0.900 bits per heavy atom. The first-order chi connectivity index (χ1) is 14.4. The molecule has 30 heavy (non-hydrogen) atoms. The molecule has 0 unspecified atom stereocenters. The molecule has 0 radical (unpaired) electrons. The van der Waals surface area contributed by atoms with Crippen molar-refractivity contribution in [2.75, 3.05) is 0 Å². The summed E-state index contributed by atoms with van der Waals surface area (Å²) in [4.78, 5) is 0. The van der Waals surface area contributed by atoms with Crippen molar-refractivity contribution in [3.8, 4) is 17.0 Å². The molecule has 0 bridgehead atoms. The van der Waals surface area contributed by atoms with E-state index >= 15 is 0 Å². The summed E-state index contributed by atoms with van der Waals surface area (Å²) < 4.78 is 37.9. The highest BCUT2D eigenvalue weighted by Crippen LogP contribution is 2.26. The van der Waals surface area contributed by atoms with Crippen molar-refractivity contribution in [3.05, 3.63) is 48.2 Å². The Morgan fingerprint density at radius 3 is 2.17 bits per heavy atom. The number of aromatic nitrogens is 1. The maximum atomic E-state index is 11.0. The summed E-state index contributed by atoms with van der Waals surface area (Å²) in [5, 5.41) is 0. The lowest BCUT2D eigenvalue weighted by Crippen LogP contribution is -2.35. The summed E-state index contributed by atoms with van der Waals surface area (Å²) in [6, 6.07) is 11.0. The van der Waals surface area contributed by atoms with Crippen LogP contribution in [0.4, 0.5) is 0 Å². The molecule has 1 N–H and O–H groups in total. The molecule has 5 nitrogen and oxygen atoms in total. The largest absolute Gasteiger partial charge is 0.446 e. The number of unbranched alkanes of at least 4 members (excludes halogenated alkanes) is 9. The number of benzene rings is 1. The zero-order valence-corrected chi connectivity index (χ0v) is 19.2. The Kier molecular flexibility index (Phi) is 10.3. The molecule has 1 heterocycles. The summed E-state index contributed by atoms with van der Waals surface area (Å²) in [7, 11) is -4.54. The van der Waals surface area contributed by atoms with E-state index in [9.17, 15) is 8.42 Å². The first-order valence-electron chi connectivity index (χ1n) is 11.2. The van der Waals surface area contributed by atoms with E-state index in [0.29, 0.717) is 0 Å². The fourth-order valence-corrected chi connectivity index (χ4v) is 4.08. The van der Waals surface area contributed by atoms with E-state index in [-0.39, 0.29) is 5.75 Å². The van der Waals surface area contributed by atoms with Crippen LogP contribution in [0.25, 0.3) is 11.3 Å². The monoisotopic (exact) mass is 434 g/mol. The van der Waals surface area contributed by atoms with Gasteiger partial charge in [-0.3, -0.25) is 4.55 Å². The van der Waals surface area contributed by atoms with E-state index in [1.807, 2.05) is 25.1 Å². The van der Waals surface area contributed by atoms with Gasteiger partial charge in [-0.05, 0) is 37.1 Å². The van der Waals surface area contributed by atoms with Gasteiger partial charge in [-0.2, -0.15) is 13.0 Å². The second-order valence-electron chi connectivity index (χ2n) is 7.95. The van der Waals surface area contributed by atoms with Crippen molar-refractivity contribution in [2.24, 2.45) is 0 Å². The van der Waals surface area contributed by atoms with E-state index in [0.717, 1.165) is 29.8 Å². The lowest BCUT2D eigenvalue weighted by atomic mass is 10.0. The van der Waals surface area contributed by atoms with Gasteiger partial charge in [-0.25, -0.2) is 0 Å². The van der Waals surface area contributed by atoms with Crippen LogP contribution in [0.3, 0.4) is 0 Å². The van der Waals surface area contributed by atoms with Crippen LogP contribution in [0.1, 0.15) is 76.7 Å². The van der Waals surface area contributed by atoms with Crippen LogP contribution in [0, 0.1) is 6.92 Å². The van der Waals surface area contributed by atoms with Gasteiger partial charge in [0.15, 0.2) is 6.20 Å². The van der Waals surface area contributed by atoms with E-state index in [4.69, 9.17) is 4.55 Å². The van der Waals surface area contributed by atoms with Crippen LogP contribution in [0.15, 0.2) is 42.6 Å². The fourth-order valence-electron chi connectivity index (χ4n) is 3.74. The third-order valence-electron chi connectivity index (χ3n) is 5.38. The van der Waals surface area contributed by atoms with E-state index in [1.165, 1.54) is 57.8 Å². The van der Waals surface area contributed by atoms with Gasteiger partial charge in [-0.1, -0.05) is 64.4 Å². The molecule has 2 rings (SSSR count). The number of rotatable bonds is 14. The molecule has 1 aromatic heterocycles. The molecule has 0 amide bonds. The molecule has 1 aromatic carbocycles. The molecule has 0 saturated carbocycles. The van der Waals surface area contributed by atoms with Gasteiger partial charge in [-0.15, -0.1) is 0 Å². The van der Waals surface area contributed by atoms with Crippen molar-refractivity contribution in [2.45, 2.75) is 84.6 Å². The quantitative estimate of drug-likeness (QED) is 0.223. The van der Waals surface area contributed by atoms with Gasteiger partial charge in [0, 0.05) is 18.6 Å². The first-order valence-corrected chi connectivity index (χ1v) is 12.5. The van der Waals surface area contributed by atoms with E-state index in [2.05, 4.69) is 21.9 Å². The van der Waals surface area contributed by atoms with Gasteiger partial charge in [0.05, 0.1) is 5.56 Å². The Balaban J connectivity index is 1.90. The lowest BCUT2D eigenvalue weighted by Gasteiger charge is -2.09. The maximum absolute atomic E-state index is 11.0. The van der Waals surface area contributed by atoms with Gasteiger partial charge < -0.3 is 4.18 Å². The predicted octanol–water partition coefficient (Wildman–Crippen LogP) is 6.05. The molecule has 0 aliphatic rings. The predicted molar refractivity (Wildman–Crippen MR) is 121 cm³/mol. The zero-order chi connectivity index (χ0) is 21.8. The van der Waals surface area contributed by atoms with Crippen LogP contribution in [-0.2, 0) is 16.9 Å². The van der Waals surface area contributed by atoms with Crippen LogP contribution in [-0.4, -0.2) is 13.0 Å². The fraction of sp³-hybridized carbons (Fsp3) is 0.542. The molecule has 0 spiro atoms. The molecule has 166 valence electrons. The average Bonchev–Trinajstić information content (AvgIpc) is 2.70. The molecular formula is C24H36NO4S+. The van der Waals surface area contributed by atoms with Crippen molar-refractivity contribution >= 4 is 10.4 Å². The Morgan fingerprint density at radius 2 is 1.53 bits per heavy atom. The van der Waals surface area contributed by atoms with Crippen molar-refractivity contribution in [1.82, 2.24) is 0 Å².